The summed E-state index contributed by atoms with van der Waals surface area (Å²) in [6.45, 7) is -1.28. The molecule has 3 fully saturated rings. The third kappa shape index (κ3) is 9.54. The van der Waals surface area contributed by atoms with E-state index < -0.39 is 24.5 Å². The van der Waals surface area contributed by atoms with E-state index in [0.29, 0.717) is 56.9 Å². The summed E-state index contributed by atoms with van der Waals surface area (Å²) in [5, 5.41) is 2.61. The second-order valence-corrected chi connectivity index (χ2v) is 15.6. The van der Waals surface area contributed by atoms with E-state index in [4.69, 9.17) is 27.9 Å². The van der Waals surface area contributed by atoms with Crippen LogP contribution < -0.4 is 19.7 Å². The van der Waals surface area contributed by atoms with Gasteiger partial charge in [-0.15, -0.1) is 0 Å². The number of nitrogens with zero attached hydrogens (tertiary/aromatic N) is 4. The molecule has 16 heteroatoms. The SMILES string of the molecule is O=C1CCC(N2Cc3c(C#CC4CCN(C(=O)CCCCN(C(=O)c5ccc(OC(F)F)c(OCC6CC6)c5)c5c(Cl)cncc5Cl)CC4)cccc3C2=O)C(=O)N1. The van der Waals surface area contributed by atoms with Gasteiger partial charge in [0.2, 0.25) is 17.7 Å². The second-order valence-electron chi connectivity index (χ2n) is 14.8. The quantitative estimate of drug-likeness (QED) is 0.115. The highest BCUT2D eigenvalue weighted by Gasteiger charge is 2.40. The standard InChI is InChI=1S/C42H41Cl2F2N5O7/c43-31-21-47-22-32(44)38(31)50(40(55)28-11-13-34(58-42(45)46)35(20-28)57-24-26-7-8-26)17-2-1-6-37(53)49-18-15-25(16-19-49)9-10-27-4-3-5-29-30(27)23-51(41(29)56)33-12-14-36(52)48-39(33)54/h3-5,11,13,20-22,25-26,33,42H,1-2,6-8,12,14-19,23-24H2,(H,48,52,54). The van der Waals surface area contributed by atoms with E-state index in [0.717, 1.165) is 24.0 Å². The van der Waals surface area contributed by atoms with Crippen molar-refractivity contribution in [3.05, 3.63) is 81.1 Å². The molecule has 3 aliphatic heterocycles. The van der Waals surface area contributed by atoms with E-state index in [1.54, 1.807) is 12.1 Å². The third-order valence-corrected chi connectivity index (χ3v) is 11.3. The molecule has 2 aromatic carbocycles. The van der Waals surface area contributed by atoms with Crippen LogP contribution in [0.15, 0.2) is 48.8 Å². The number of imide groups is 1. The van der Waals surface area contributed by atoms with E-state index in [1.165, 1.54) is 40.4 Å². The van der Waals surface area contributed by atoms with E-state index >= 15 is 0 Å². The number of carbonyl (C=O) groups is 5. The van der Waals surface area contributed by atoms with Gasteiger partial charge in [-0.05, 0) is 86.8 Å². The van der Waals surface area contributed by atoms with E-state index in [-0.39, 0.29) is 88.8 Å². The summed E-state index contributed by atoms with van der Waals surface area (Å²) in [6, 6.07) is 8.70. The maximum absolute atomic E-state index is 14.0. The number of fused-ring (bicyclic) bond motifs is 1. The minimum absolute atomic E-state index is 0.00994. The molecular weight excluding hydrogens is 795 g/mol. The molecule has 58 heavy (non-hydrogen) atoms. The first-order valence-electron chi connectivity index (χ1n) is 19.3. The van der Waals surface area contributed by atoms with E-state index in [2.05, 4.69) is 26.9 Å². The highest BCUT2D eigenvalue weighted by Crippen LogP contribution is 2.37. The number of alkyl halides is 2. The summed E-state index contributed by atoms with van der Waals surface area (Å²) >= 11 is 13.0. The molecule has 1 aliphatic carbocycles. The Bertz CT molecular complexity index is 2150. The molecule has 2 saturated heterocycles. The normalized spacial score (nSPS) is 18.1. The molecule has 7 rings (SSSR count). The van der Waals surface area contributed by atoms with Crippen molar-refractivity contribution in [3.63, 3.8) is 0 Å². The van der Waals surface area contributed by atoms with Crippen molar-refractivity contribution in [2.45, 2.75) is 77.0 Å². The Balaban J connectivity index is 0.935. The van der Waals surface area contributed by atoms with Crippen molar-refractivity contribution < 1.29 is 42.2 Å². The number of amides is 5. The highest BCUT2D eigenvalue weighted by atomic mass is 35.5. The van der Waals surface area contributed by atoms with Crippen LogP contribution in [0, 0.1) is 23.7 Å². The Labute approximate surface area is 344 Å². The van der Waals surface area contributed by atoms with Gasteiger partial charge < -0.3 is 24.2 Å². The van der Waals surface area contributed by atoms with E-state index in [1.807, 2.05) is 11.0 Å². The number of hydrogen-bond donors (Lipinski definition) is 1. The Morgan fingerprint density at radius 3 is 2.45 bits per heavy atom. The van der Waals surface area contributed by atoms with Crippen LogP contribution in [0.5, 0.6) is 11.5 Å². The lowest BCUT2D eigenvalue weighted by Crippen LogP contribution is -2.52. The molecule has 1 aromatic heterocycles. The summed E-state index contributed by atoms with van der Waals surface area (Å²) in [6.07, 6.45) is 7.67. The van der Waals surface area contributed by atoms with Crippen molar-refractivity contribution >= 4 is 58.4 Å². The third-order valence-electron chi connectivity index (χ3n) is 10.8. The van der Waals surface area contributed by atoms with Gasteiger partial charge in [-0.25, -0.2) is 0 Å². The van der Waals surface area contributed by atoms with Crippen LogP contribution in [0.1, 0.15) is 89.6 Å². The summed E-state index contributed by atoms with van der Waals surface area (Å²) < 4.78 is 36.7. The average Bonchev–Trinajstić information content (AvgIpc) is 3.98. The predicted octanol–water partition coefficient (Wildman–Crippen LogP) is 6.65. The van der Waals surface area contributed by atoms with Crippen molar-refractivity contribution in [3.8, 4) is 23.3 Å². The molecule has 1 unspecified atom stereocenters. The fourth-order valence-electron chi connectivity index (χ4n) is 7.43. The Hall–Kier alpha value is -5.26. The number of aromatic nitrogens is 1. The van der Waals surface area contributed by atoms with E-state index in [9.17, 15) is 32.8 Å². The van der Waals surface area contributed by atoms with Crippen LogP contribution in [0.25, 0.3) is 0 Å². The van der Waals surface area contributed by atoms with Crippen LogP contribution >= 0.6 is 23.2 Å². The van der Waals surface area contributed by atoms with Crippen LogP contribution in [-0.4, -0.2) is 83.2 Å². The second kappa shape index (κ2) is 18.1. The molecule has 304 valence electrons. The minimum atomic E-state index is -3.07. The number of carbonyl (C=O) groups excluding carboxylic acids is 5. The predicted molar refractivity (Wildman–Crippen MR) is 210 cm³/mol. The molecule has 4 aliphatic rings. The van der Waals surface area contributed by atoms with Crippen molar-refractivity contribution in [2.24, 2.45) is 11.8 Å². The van der Waals surface area contributed by atoms with Crippen molar-refractivity contribution in [1.82, 2.24) is 20.1 Å². The molecule has 1 saturated carbocycles. The molecular formula is C42H41Cl2F2N5O7. The zero-order valence-corrected chi connectivity index (χ0v) is 33.0. The van der Waals surface area contributed by atoms with Crippen molar-refractivity contribution in [1.29, 1.82) is 0 Å². The van der Waals surface area contributed by atoms with Gasteiger partial charge >= 0.3 is 6.61 Å². The zero-order valence-electron chi connectivity index (χ0n) is 31.5. The van der Waals surface area contributed by atoms with Gasteiger partial charge in [0, 0.05) is 74.0 Å². The number of pyridine rings is 1. The Morgan fingerprint density at radius 2 is 1.74 bits per heavy atom. The summed E-state index contributed by atoms with van der Waals surface area (Å²) in [5.74, 6) is 5.27. The number of nitrogens with one attached hydrogen (secondary N) is 1. The van der Waals surface area contributed by atoms with Gasteiger partial charge in [-0.2, -0.15) is 8.78 Å². The summed E-state index contributed by atoms with van der Waals surface area (Å²) in [4.78, 5) is 73.3. The number of hydrogen-bond acceptors (Lipinski definition) is 8. The minimum Gasteiger partial charge on any atom is -0.489 e. The molecule has 12 nitrogen and oxygen atoms in total. The number of rotatable bonds is 13. The molecule has 1 N–H and O–H groups in total. The maximum atomic E-state index is 14.0. The van der Waals surface area contributed by atoms with Gasteiger partial charge in [0.15, 0.2) is 11.5 Å². The summed E-state index contributed by atoms with van der Waals surface area (Å²) in [5.41, 5.74) is 2.39. The topological polar surface area (TPSA) is 138 Å². The number of anilines is 1. The first-order valence-corrected chi connectivity index (χ1v) is 20.1. The Morgan fingerprint density at radius 1 is 0.983 bits per heavy atom. The lowest BCUT2D eigenvalue weighted by Gasteiger charge is -2.30. The Kier molecular flexibility index (Phi) is 12.8. The lowest BCUT2D eigenvalue weighted by atomic mass is 9.96. The fraction of sp³-hybridized carbons (Fsp3) is 0.429. The fourth-order valence-corrected chi connectivity index (χ4v) is 8.00. The first-order chi connectivity index (χ1) is 28.0. The molecule has 0 spiro atoms. The van der Waals surface area contributed by atoms with Gasteiger partial charge in [0.1, 0.15) is 6.04 Å². The number of likely N-dealkylation sites (tertiary alicyclic amines) is 1. The molecule has 0 radical (unpaired) electrons. The monoisotopic (exact) mass is 835 g/mol. The average molecular weight is 837 g/mol. The molecule has 4 heterocycles. The number of piperidine rings is 2. The first kappa shape index (κ1) is 40.9. The van der Waals surface area contributed by atoms with Gasteiger partial charge in [-0.1, -0.05) is 41.1 Å². The highest BCUT2D eigenvalue weighted by molar-refractivity contribution is 6.40. The molecule has 0 bridgehead atoms. The molecule has 3 aromatic rings. The number of ether oxygens (including phenoxy) is 2. The van der Waals surface area contributed by atoms with Crippen molar-refractivity contribution in [2.75, 3.05) is 31.1 Å². The van der Waals surface area contributed by atoms with Gasteiger partial charge in [0.05, 0.1) is 22.3 Å². The van der Waals surface area contributed by atoms with Crippen LogP contribution in [0.3, 0.4) is 0 Å². The maximum Gasteiger partial charge on any atom is 0.387 e. The summed E-state index contributed by atoms with van der Waals surface area (Å²) in [7, 11) is 0. The zero-order chi connectivity index (χ0) is 40.9. The largest absolute Gasteiger partial charge is 0.489 e. The number of halogens is 4. The van der Waals surface area contributed by atoms with Crippen LogP contribution in [0.4, 0.5) is 14.5 Å². The molecule has 5 amide bonds. The van der Waals surface area contributed by atoms with Crippen LogP contribution in [0.2, 0.25) is 10.0 Å². The van der Waals surface area contributed by atoms with Crippen LogP contribution in [-0.2, 0) is 20.9 Å². The molecule has 1 atom stereocenters. The van der Waals surface area contributed by atoms with Gasteiger partial charge in [-0.3, -0.25) is 34.3 Å². The number of benzene rings is 2. The smallest absolute Gasteiger partial charge is 0.387 e. The van der Waals surface area contributed by atoms with Gasteiger partial charge in [0.25, 0.3) is 11.8 Å². The lowest BCUT2D eigenvalue weighted by molar-refractivity contribution is -0.137. The number of unbranched alkanes of at least 4 members (excludes halogenated alkanes) is 1.